The molecule has 3 saturated heterocycles. The Balaban J connectivity index is 1.31. The molecule has 0 unspecified atom stereocenters. The molecule has 31 heavy (non-hydrogen) atoms. The minimum Gasteiger partial charge on any atom is -0.353 e. The molecular formula is C24H37N5O2. The van der Waals surface area contributed by atoms with Crippen LogP contribution in [0.4, 0.5) is 0 Å². The van der Waals surface area contributed by atoms with Gasteiger partial charge in [0, 0.05) is 44.2 Å². The summed E-state index contributed by atoms with van der Waals surface area (Å²) in [6.07, 6.45) is 4.55. The Labute approximate surface area is 186 Å². The monoisotopic (exact) mass is 427 g/mol. The lowest BCUT2D eigenvalue weighted by molar-refractivity contribution is -0.127. The Kier molecular flexibility index (Phi) is 7.25. The van der Waals surface area contributed by atoms with Crippen molar-refractivity contribution >= 4 is 11.8 Å². The summed E-state index contributed by atoms with van der Waals surface area (Å²) in [5, 5.41) is 6.21. The number of benzene rings is 1. The molecule has 3 fully saturated rings. The average Bonchev–Trinajstić information content (AvgIpc) is 3.19. The molecule has 0 saturated carbocycles. The Morgan fingerprint density at radius 2 is 1.84 bits per heavy atom. The van der Waals surface area contributed by atoms with E-state index in [1.54, 1.807) is 0 Å². The van der Waals surface area contributed by atoms with Gasteiger partial charge in [-0.1, -0.05) is 30.3 Å². The van der Waals surface area contributed by atoms with Crippen LogP contribution in [-0.4, -0.2) is 91.0 Å². The van der Waals surface area contributed by atoms with Gasteiger partial charge in [-0.2, -0.15) is 0 Å². The molecule has 0 spiro atoms. The molecule has 7 heteroatoms. The van der Waals surface area contributed by atoms with E-state index in [9.17, 15) is 9.59 Å². The van der Waals surface area contributed by atoms with Crippen molar-refractivity contribution in [3.63, 3.8) is 0 Å². The number of likely N-dealkylation sites (tertiary alicyclic amines) is 2. The number of hydrogen-bond acceptors (Lipinski definition) is 5. The molecule has 1 aromatic carbocycles. The lowest BCUT2D eigenvalue weighted by Gasteiger charge is -2.39. The van der Waals surface area contributed by atoms with Gasteiger partial charge in [-0.15, -0.1) is 0 Å². The van der Waals surface area contributed by atoms with Crippen molar-refractivity contribution in [2.45, 2.75) is 62.8 Å². The van der Waals surface area contributed by atoms with Crippen LogP contribution in [0.1, 0.15) is 37.7 Å². The topological polar surface area (TPSA) is 67.9 Å². The summed E-state index contributed by atoms with van der Waals surface area (Å²) in [6.45, 7) is 4.39. The van der Waals surface area contributed by atoms with Crippen molar-refractivity contribution in [3.8, 4) is 0 Å². The normalized spacial score (nSPS) is 28.7. The van der Waals surface area contributed by atoms with Crippen LogP contribution >= 0.6 is 0 Å². The van der Waals surface area contributed by atoms with E-state index >= 15 is 0 Å². The van der Waals surface area contributed by atoms with Crippen LogP contribution in [0, 0.1) is 0 Å². The summed E-state index contributed by atoms with van der Waals surface area (Å²) in [5.74, 6) is 0.244. The van der Waals surface area contributed by atoms with E-state index < -0.39 is 0 Å². The summed E-state index contributed by atoms with van der Waals surface area (Å²) in [4.78, 5) is 32.7. The first kappa shape index (κ1) is 22.2. The van der Waals surface area contributed by atoms with Gasteiger partial charge < -0.3 is 15.5 Å². The maximum absolute atomic E-state index is 13.0. The smallest absolute Gasteiger partial charge is 0.239 e. The fourth-order valence-corrected chi connectivity index (χ4v) is 5.51. The van der Waals surface area contributed by atoms with Crippen LogP contribution in [0.25, 0.3) is 0 Å². The highest BCUT2D eigenvalue weighted by atomic mass is 16.2. The lowest BCUT2D eigenvalue weighted by Crippen LogP contribution is -2.54. The molecule has 0 aromatic heterocycles. The molecule has 0 aliphatic carbocycles. The third-order valence-corrected chi connectivity index (χ3v) is 7.48. The summed E-state index contributed by atoms with van der Waals surface area (Å²) in [6, 6.07) is 10.9. The molecule has 170 valence electrons. The quantitative estimate of drug-likeness (QED) is 0.710. The molecule has 2 N–H and O–H groups in total. The molecule has 2 amide bonds. The molecule has 3 aliphatic heterocycles. The first-order valence-electron chi connectivity index (χ1n) is 11.8. The number of carbonyl (C=O) groups excluding carboxylic acids is 2. The number of amides is 2. The van der Waals surface area contributed by atoms with Crippen molar-refractivity contribution in [1.29, 1.82) is 0 Å². The lowest BCUT2D eigenvalue weighted by atomic mass is 10.0. The zero-order valence-corrected chi connectivity index (χ0v) is 18.9. The fourth-order valence-electron chi connectivity index (χ4n) is 5.51. The van der Waals surface area contributed by atoms with Crippen LogP contribution in [0.2, 0.25) is 0 Å². The van der Waals surface area contributed by atoms with Gasteiger partial charge in [0.05, 0.1) is 0 Å². The summed E-state index contributed by atoms with van der Waals surface area (Å²) < 4.78 is 0. The molecular weight excluding hydrogens is 390 g/mol. The minimum absolute atomic E-state index is 0.0599. The van der Waals surface area contributed by atoms with Gasteiger partial charge in [0.1, 0.15) is 6.04 Å². The molecule has 4 rings (SSSR count). The Morgan fingerprint density at radius 3 is 2.58 bits per heavy atom. The second kappa shape index (κ2) is 10.1. The zero-order valence-electron chi connectivity index (χ0n) is 18.9. The molecule has 1 aromatic rings. The summed E-state index contributed by atoms with van der Waals surface area (Å²) >= 11 is 0. The second-order valence-corrected chi connectivity index (χ2v) is 9.44. The Morgan fingerprint density at radius 1 is 1.10 bits per heavy atom. The van der Waals surface area contributed by atoms with Gasteiger partial charge in [-0.25, -0.2) is 0 Å². The third-order valence-electron chi connectivity index (χ3n) is 7.48. The van der Waals surface area contributed by atoms with Gasteiger partial charge >= 0.3 is 0 Å². The molecule has 3 atom stereocenters. The van der Waals surface area contributed by atoms with Crippen molar-refractivity contribution in [1.82, 2.24) is 25.3 Å². The second-order valence-electron chi connectivity index (χ2n) is 9.44. The number of piperidine rings is 1. The molecule has 0 bridgehead atoms. The van der Waals surface area contributed by atoms with E-state index in [1.807, 2.05) is 30.3 Å². The number of hydrogen-bond donors (Lipinski definition) is 2. The first-order valence-corrected chi connectivity index (χ1v) is 11.8. The van der Waals surface area contributed by atoms with Crippen LogP contribution in [0.15, 0.2) is 30.3 Å². The number of likely N-dealkylation sites (N-methyl/N-ethyl adjacent to an activating group) is 1. The Hall–Kier alpha value is -1.96. The Bertz CT molecular complexity index is 750. The number of rotatable bonds is 6. The highest BCUT2D eigenvalue weighted by molar-refractivity contribution is 5.83. The van der Waals surface area contributed by atoms with E-state index in [4.69, 9.17) is 0 Å². The maximum atomic E-state index is 13.0. The highest BCUT2D eigenvalue weighted by Crippen LogP contribution is 2.31. The van der Waals surface area contributed by atoms with Crippen LogP contribution in [-0.2, 0) is 16.1 Å². The number of nitrogens with one attached hydrogen (secondary N) is 2. The summed E-state index contributed by atoms with van der Waals surface area (Å²) in [7, 11) is 4.32. The molecule has 3 aliphatic rings. The first-order chi connectivity index (χ1) is 15.0. The van der Waals surface area contributed by atoms with Crippen molar-refractivity contribution in [2.24, 2.45) is 0 Å². The predicted octanol–water partition coefficient (Wildman–Crippen LogP) is 1.05. The molecule has 3 heterocycles. The van der Waals surface area contributed by atoms with Gasteiger partial charge in [0.25, 0.3) is 0 Å². The van der Waals surface area contributed by atoms with Gasteiger partial charge in [0.2, 0.25) is 11.8 Å². The van der Waals surface area contributed by atoms with E-state index in [2.05, 4.69) is 39.4 Å². The van der Waals surface area contributed by atoms with Crippen molar-refractivity contribution in [2.75, 3.05) is 40.3 Å². The minimum atomic E-state index is -0.0599. The van der Waals surface area contributed by atoms with Crippen LogP contribution in [0.5, 0.6) is 0 Å². The molecule has 7 nitrogen and oxygen atoms in total. The largest absolute Gasteiger partial charge is 0.353 e. The fraction of sp³-hybridized carbons (Fsp3) is 0.667. The SMILES string of the molecule is CN1CCC(N2CC[C@H]3[C@H]2C(=O)NC[C@H](CCC(=O)NCc2ccccc2)N3C)CC1. The van der Waals surface area contributed by atoms with E-state index in [0.717, 1.165) is 50.9 Å². The highest BCUT2D eigenvalue weighted by Gasteiger charge is 2.47. The summed E-state index contributed by atoms with van der Waals surface area (Å²) in [5.41, 5.74) is 1.11. The number of carbonyl (C=O) groups is 2. The van der Waals surface area contributed by atoms with Crippen molar-refractivity contribution in [3.05, 3.63) is 35.9 Å². The van der Waals surface area contributed by atoms with E-state index in [0.29, 0.717) is 25.6 Å². The van der Waals surface area contributed by atoms with Gasteiger partial charge in [-0.3, -0.25) is 19.4 Å². The van der Waals surface area contributed by atoms with Crippen molar-refractivity contribution < 1.29 is 9.59 Å². The zero-order chi connectivity index (χ0) is 21.8. The van der Waals surface area contributed by atoms with Gasteiger partial charge in [-0.05, 0) is 58.4 Å². The standard InChI is InChI=1S/C24H37N5O2/c1-27-13-10-19(11-14-27)29-15-12-21-23(29)24(31)26-17-20(28(21)2)8-9-22(30)25-16-18-6-4-3-5-7-18/h3-7,19-21,23H,8-17H2,1-2H3,(H,25,30)(H,26,31)/t20-,21-,23-/m0/s1. The average molecular weight is 428 g/mol. The van der Waals surface area contributed by atoms with E-state index in [-0.39, 0.29) is 29.9 Å². The van der Waals surface area contributed by atoms with E-state index in [1.165, 1.54) is 0 Å². The maximum Gasteiger partial charge on any atom is 0.239 e. The third kappa shape index (κ3) is 5.27. The number of fused-ring (bicyclic) bond motifs is 1. The predicted molar refractivity (Wildman–Crippen MR) is 122 cm³/mol. The van der Waals surface area contributed by atoms with Crippen LogP contribution < -0.4 is 10.6 Å². The van der Waals surface area contributed by atoms with Gasteiger partial charge in [0.15, 0.2) is 0 Å². The number of nitrogens with zero attached hydrogens (tertiary/aromatic N) is 3. The molecule has 0 radical (unpaired) electrons. The van der Waals surface area contributed by atoms with Crippen LogP contribution in [0.3, 0.4) is 0 Å².